The lowest BCUT2D eigenvalue weighted by molar-refractivity contribution is -0.123. The SMILES string of the molecule is O=C(NN1C(=O)C(=Cc2ccc(Sc3ccc(Cl)cc3)o2)SC1=S)c1cccs1. The number of nitrogens with one attached hydrogen (secondary N) is 1. The molecule has 0 aliphatic carbocycles. The highest BCUT2D eigenvalue weighted by Crippen LogP contribution is 2.34. The summed E-state index contributed by atoms with van der Waals surface area (Å²) in [7, 11) is 0. The normalized spacial score (nSPS) is 15.3. The number of thioether (sulfide) groups is 1. The molecule has 2 amide bonds. The number of carbonyl (C=O) groups is 2. The van der Waals surface area contributed by atoms with E-state index in [9.17, 15) is 9.59 Å². The van der Waals surface area contributed by atoms with Gasteiger partial charge in [0.1, 0.15) is 5.76 Å². The molecule has 2 aromatic heterocycles. The highest BCUT2D eigenvalue weighted by molar-refractivity contribution is 8.26. The van der Waals surface area contributed by atoms with Gasteiger partial charge in [0.25, 0.3) is 11.8 Å². The van der Waals surface area contributed by atoms with E-state index in [2.05, 4.69) is 5.43 Å². The largest absolute Gasteiger partial charge is 0.450 e. The van der Waals surface area contributed by atoms with Crippen LogP contribution in [0.15, 0.2) is 73.2 Å². The number of rotatable bonds is 5. The van der Waals surface area contributed by atoms with Crippen molar-refractivity contribution in [3.63, 3.8) is 0 Å². The number of thiophene rings is 1. The van der Waals surface area contributed by atoms with E-state index in [1.54, 1.807) is 29.7 Å². The quantitative estimate of drug-likeness (QED) is 0.375. The molecule has 0 radical (unpaired) electrons. The van der Waals surface area contributed by atoms with Crippen molar-refractivity contribution < 1.29 is 14.0 Å². The molecular formula is C19H11ClN2O3S4. The summed E-state index contributed by atoms with van der Waals surface area (Å²) < 4.78 is 6.04. The molecule has 1 aliphatic heterocycles. The number of carbonyl (C=O) groups excluding carboxylic acids is 2. The van der Waals surface area contributed by atoms with Crippen LogP contribution in [-0.4, -0.2) is 21.1 Å². The molecule has 0 spiro atoms. The van der Waals surface area contributed by atoms with Crippen LogP contribution in [0.5, 0.6) is 0 Å². The van der Waals surface area contributed by atoms with Gasteiger partial charge in [-0.3, -0.25) is 15.0 Å². The Kier molecular flexibility index (Phi) is 6.12. The van der Waals surface area contributed by atoms with Crippen molar-refractivity contribution in [1.29, 1.82) is 0 Å². The lowest BCUT2D eigenvalue weighted by Crippen LogP contribution is -2.44. The number of amides is 2. The van der Waals surface area contributed by atoms with E-state index in [0.29, 0.717) is 25.7 Å². The average molecular weight is 479 g/mol. The molecule has 1 fully saturated rings. The molecule has 5 nitrogen and oxygen atoms in total. The van der Waals surface area contributed by atoms with Crippen molar-refractivity contribution in [1.82, 2.24) is 10.4 Å². The second-order valence-corrected chi connectivity index (χ2v) is 9.79. The molecule has 3 heterocycles. The Hall–Kier alpha value is -2.04. The van der Waals surface area contributed by atoms with Crippen molar-refractivity contribution in [3.8, 4) is 0 Å². The summed E-state index contributed by atoms with van der Waals surface area (Å²) in [4.78, 5) is 26.7. The maximum absolute atomic E-state index is 12.6. The van der Waals surface area contributed by atoms with E-state index < -0.39 is 5.91 Å². The summed E-state index contributed by atoms with van der Waals surface area (Å²) in [5.74, 6) is -0.253. The van der Waals surface area contributed by atoms with Gasteiger partial charge in [0.15, 0.2) is 9.41 Å². The van der Waals surface area contributed by atoms with Crippen LogP contribution in [0.1, 0.15) is 15.4 Å². The zero-order valence-electron chi connectivity index (χ0n) is 14.5. The number of nitrogens with zero attached hydrogens (tertiary/aromatic N) is 1. The maximum atomic E-state index is 12.6. The first-order valence-corrected chi connectivity index (χ1v) is 11.5. The fourth-order valence-electron chi connectivity index (χ4n) is 2.34. The van der Waals surface area contributed by atoms with Gasteiger partial charge in [0.05, 0.1) is 9.78 Å². The first kappa shape index (κ1) is 20.2. The van der Waals surface area contributed by atoms with Crippen molar-refractivity contribution in [2.24, 2.45) is 0 Å². The molecule has 1 saturated heterocycles. The van der Waals surface area contributed by atoms with Gasteiger partial charge in [-0.25, -0.2) is 0 Å². The third-order valence-corrected chi connectivity index (χ3v) is 7.01. The Bertz CT molecular complexity index is 1110. The van der Waals surface area contributed by atoms with Crippen LogP contribution < -0.4 is 5.43 Å². The van der Waals surface area contributed by atoms with Gasteiger partial charge in [-0.05, 0) is 60.1 Å². The number of hydrazine groups is 1. The van der Waals surface area contributed by atoms with Gasteiger partial charge in [-0.1, -0.05) is 41.2 Å². The van der Waals surface area contributed by atoms with E-state index in [4.69, 9.17) is 28.2 Å². The second kappa shape index (κ2) is 8.76. The molecule has 1 aliphatic rings. The van der Waals surface area contributed by atoms with Gasteiger partial charge in [-0.15, -0.1) is 11.3 Å². The lowest BCUT2D eigenvalue weighted by Gasteiger charge is -2.14. The minimum absolute atomic E-state index is 0.258. The smallest absolute Gasteiger partial charge is 0.285 e. The molecular weight excluding hydrogens is 468 g/mol. The molecule has 0 saturated carbocycles. The van der Waals surface area contributed by atoms with E-state index in [0.717, 1.165) is 21.7 Å². The van der Waals surface area contributed by atoms with Gasteiger partial charge in [0, 0.05) is 16.0 Å². The van der Waals surface area contributed by atoms with Gasteiger partial charge in [0.2, 0.25) is 0 Å². The molecule has 146 valence electrons. The predicted octanol–water partition coefficient (Wildman–Crippen LogP) is 5.69. The molecule has 1 aromatic carbocycles. The molecule has 0 bridgehead atoms. The number of furan rings is 1. The summed E-state index contributed by atoms with van der Waals surface area (Å²) in [5, 5.41) is 4.22. The van der Waals surface area contributed by atoms with E-state index >= 15 is 0 Å². The molecule has 0 atom stereocenters. The predicted molar refractivity (Wildman–Crippen MR) is 121 cm³/mol. The fraction of sp³-hybridized carbons (Fsp3) is 0. The van der Waals surface area contributed by atoms with Gasteiger partial charge >= 0.3 is 0 Å². The van der Waals surface area contributed by atoms with Gasteiger partial charge in [-0.2, -0.15) is 5.01 Å². The summed E-state index contributed by atoms with van der Waals surface area (Å²) in [6.45, 7) is 0. The standard InChI is InChI=1S/C19H11ClN2O3S4/c20-11-3-6-13(7-4-11)28-16-8-5-12(25-16)10-15-18(24)22(19(26)29-15)21-17(23)14-2-1-9-27-14/h1-10H,(H,21,23). The van der Waals surface area contributed by atoms with E-state index in [1.165, 1.54) is 23.1 Å². The zero-order valence-corrected chi connectivity index (χ0v) is 18.5. The van der Waals surface area contributed by atoms with Gasteiger partial charge < -0.3 is 4.42 Å². The first-order valence-electron chi connectivity index (χ1n) is 8.15. The molecule has 1 N–H and O–H groups in total. The minimum Gasteiger partial charge on any atom is -0.450 e. The van der Waals surface area contributed by atoms with Crippen LogP contribution in [0, 0.1) is 0 Å². The number of hydrogen-bond donors (Lipinski definition) is 1. The highest BCUT2D eigenvalue weighted by atomic mass is 35.5. The zero-order chi connectivity index (χ0) is 20.4. The topological polar surface area (TPSA) is 62.6 Å². The van der Waals surface area contributed by atoms with E-state index in [-0.39, 0.29) is 10.2 Å². The summed E-state index contributed by atoms with van der Waals surface area (Å²) >= 11 is 15.0. The van der Waals surface area contributed by atoms with Crippen LogP contribution >= 0.6 is 58.7 Å². The molecule has 3 aromatic rings. The Labute approximate surface area is 189 Å². The monoisotopic (exact) mass is 478 g/mol. The third kappa shape index (κ3) is 4.76. The van der Waals surface area contributed by atoms with E-state index in [1.807, 2.05) is 30.3 Å². The molecule has 29 heavy (non-hydrogen) atoms. The van der Waals surface area contributed by atoms with Crippen LogP contribution in [0.4, 0.5) is 0 Å². The molecule has 0 unspecified atom stereocenters. The Balaban J connectivity index is 1.45. The summed E-state index contributed by atoms with van der Waals surface area (Å²) in [6, 6.07) is 14.5. The van der Waals surface area contributed by atoms with Crippen molar-refractivity contribution in [2.45, 2.75) is 9.99 Å². The average Bonchev–Trinajstić information content (AvgIpc) is 3.43. The Morgan fingerprint density at radius 3 is 2.72 bits per heavy atom. The summed E-state index contributed by atoms with van der Waals surface area (Å²) in [5.41, 5.74) is 2.55. The number of benzene rings is 1. The Morgan fingerprint density at radius 2 is 2.00 bits per heavy atom. The highest BCUT2D eigenvalue weighted by Gasteiger charge is 2.34. The molecule has 4 rings (SSSR count). The van der Waals surface area contributed by atoms with Crippen molar-refractivity contribution in [2.75, 3.05) is 0 Å². The fourth-order valence-corrected chi connectivity index (χ4v) is 5.02. The third-order valence-electron chi connectivity index (χ3n) is 3.66. The van der Waals surface area contributed by atoms with Crippen LogP contribution in [-0.2, 0) is 4.79 Å². The van der Waals surface area contributed by atoms with Crippen molar-refractivity contribution >= 4 is 80.9 Å². The summed E-state index contributed by atoms with van der Waals surface area (Å²) in [6.07, 6.45) is 1.61. The van der Waals surface area contributed by atoms with Crippen LogP contribution in [0.25, 0.3) is 6.08 Å². The maximum Gasteiger partial charge on any atom is 0.285 e. The second-order valence-electron chi connectivity index (χ2n) is 5.65. The minimum atomic E-state index is -0.395. The molecule has 10 heteroatoms. The lowest BCUT2D eigenvalue weighted by atomic mass is 10.4. The van der Waals surface area contributed by atoms with Crippen molar-refractivity contribution in [3.05, 3.63) is 74.5 Å². The Morgan fingerprint density at radius 1 is 1.21 bits per heavy atom. The first-order chi connectivity index (χ1) is 14.0. The van der Waals surface area contributed by atoms with Crippen LogP contribution in [0.3, 0.4) is 0 Å². The number of hydrogen-bond acceptors (Lipinski definition) is 7. The number of thiocarbonyl (C=S) groups is 1. The number of halogens is 1. The van der Waals surface area contributed by atoms with Crippen LogP contribution in [0.2, 0.25) is 5.02 Å².